The van der Waals surface area contributed by atoms with E-state index in [2.05, 4.69) is 4.98 Å². The third-order valence-electron chi connectivity index (χ3n) is 6.48. The first-order valence-corrected chi connectivity index (χ1v) is 11.6. The number of imidazole rings is 1. The van der Waals surface area contributed by atoms with Gasteiger partial charge in [-0.05, 0) is 42.7 Å². The zero-order chi connectivity index (χ0) is 25.4. The highest BCUT2D eigenvalue weighted by molar-refractivity contribution is 6.46. The van der Waals surface area contributed by atoms with Crippen LogP contribution in [0.25, 0.3) is 5.76 Å². The van der Waals surface area contributed by atoms with Crippen molar-refractivity contribution in [2.45, 2.75) is 38.5 Å². The van der Waals surface area contributed by atoms with E-state index in [1.807, 2.05) is 11.5 Å². The normalized spacial score (nSPS) is 20.4. The molecule has 2 aliphatic heterocycles. The summed E-state index contributed by atoms with van der Waals surface area (Å²) in [4.78, 5) is 42.6. The molecule has 3 aromatic rings. The van der Waals surface area contributed by atoms with Crippen molar-refractivity contribution in [3.63, 3.8) is 0 Å². The van der Waals surface area contributed by atoms with Gasteiger partial charge in [-0.2, -0.15) is 0 Å². The van der Waals surface area contributed by atoms with E-state index >= 15 is 0 Å². The number of non-ortho nitro benzene ring substituents is 1. The van der Waals surface area contributed by atoms with Crippen molar-refractivity contribution >= 4 is 23.1 Å². The molecule has 1 saturated heterocycles. The van der Waals surface area contributed by atoms with Crippen molar-refractivity contribution in [1.82, 2.24) is 14.5 Å². The quantitative estimate of drug-likeness (QED) is 0.177. The molecule has 1 aromatic heterocycles. The van der Waals surface area contributed by atoms with Crippen molar-refractivity contribution < 1.29 is 24.4 Å². The van der Waals surface area contributed by atoms with E-state index in [1.54, 1.807) is 43.0 Å². The molecule has 2 aliphatic rings. The maximum Gasteiger partial charge on any atom is 0.295 e. The van der Waals surface area contributed by atoms with Gasteiger partial charge in [-0.1, -0.05) is 12.1 Å². The Bertz CT molecular complexity index is 1380. The van der Waals surface area contributed by atoms with Gasteiger partial charge in [0, 0.05) is 49.6 Å². The standard InChI is InChI=1S/C26H24N4O6/c1-16-12-19-13-18(6-7-21(19)36-16)24(31)22-23(17-4-2-5-20(14-17)30(34)35)29(26(33)25(22)32)10-3-9-28-11-8-27-15-28/h2,4-8,11,13-16,23,31H,3,9-10,12H2,1H3/b24-22+/t16-,23+/m1/s1. The number of nitro groups is 1. The molecule has 1 N–H and O–H groups in total. The van der Waals surface area contributed by atoms with E-state index < -0.39 is 22.7 Å². The van der Waals surface area contributed by atoms with Gasteiger partial charge in [-0.15, -0.1) is 0 Å². The zero-order valence-corrected chi connectivity index (χ0v) is 19.5. The number of nitrogens with zero attached hydrogens (tertiary/aromatic N) is 4. The Morgan fingerprint density at radius 1 is 1.22 bits per heavy atom. The van der Waals surface area contributed by atoms with Crippen molar-refractivity contribution in [1.29, 1.82) is 0 Å². The minimum Gasteiger partial charge on any atom is -0.507 e. The first-order chi connectivity index (χ1) is 17.3. The Balaban J connectivity index is 1.56. The van der Waals surface area contributed by atoms with Gasteiger partial charge in [0.15, 0.2) is 0 Å². The van der Waals surface area contributed by atoms with Crippen LogP contribution in [0.2, 0.25) is 0 Å². The molecule has 1 fully saturated rings. The fraction of sp³-hybridized carbons (Fsp3) is 0.269. The van der Waals surface area contributed by atoms with Crippen LogP contribution in [0.3, 0.4) is 0 Å². The summed E-state index contributed by atoms with van der Waals surface area (Å²) in [5.41, 5.74) is 1.41. The Morgan fingerprint density at radius 3 is 2.81 bits per heavy atom. The molecule has 0 unspecified atom stereocenters. The molecule has 36 heavy (non-hydrogen) atoms. The van der Waals surface area contributed by atoms with Crippen LogP contribution in [0, 0.1) is 10.1 Å². The van der Waals surface area contributed by atoms with Gasteiger partial charge in [0.1, 0.15) is 17.6 Å². The number of carbonyl (C=O) groups is 2. The van der Waals surface area contributed by atoms with E-state index in [1.165, 1.54) is 23.1 Å². The SMILES string of the molecule is C[C@@H]1Cc2cc(/C(O)=C3\C(=O)C(=O)N(CCCn4ccnc4)[C@H]3c3cccc([N+](=O)[O-])c3)ccc2O1. The Morgan fingerprint density at radius 2 is 2.06 bits per heavy atom. The van der Waals surface area contributed by atoms with E-state index in [-0.39, 0.29) is 29.7 Å². The highest BCUT2D eigenvalue weighted by atomic mass is 16.6. The lowest BCUT2D eigenvalue weighted by Gasteiger charge is -2.25. The fourth-order valence-corrected chi connectivity index (χ4v) is 4.83. The number of ketones is 1. The largest absolute Gasteiger partial charge is 0.507 e. The second-order valence-electron chi connectivity index (χ2n) is 8.95. The molecule has 5 rings (SSSR count). The van der Waals surface area contributed by atoms with Gasteiger partial charge in [-0.3, -0.25) is 19.7 Å². The average molecular weight is 489 g/mol. The first kappa shape index (κ1) is 23.3. The molecule has 1 amide bonds. The number of aliphatic hydroxyl groups excluding tert-OH is 1. The van der Waals surface area contributed by atoms with Crippen molar-refractivity contribution in [2.75, 3.05) is 6.54 Å². The monoisotopic (exact) mass is 488 g/mol. The number of aromatic nitrogens is 2. The summed E-state index contributed by atoms with van der Waals surface area (Å²) in [6, 6.07) is 9.98. The summed E-state index contributed by atoms with van der Waals surface area (Å²) in [6.45, 7) is 2.72. The highest BCUT2D eigenvalue weighted by Gasteiger charge is 2.46. The lowest BCUT2D eigenvalue weighted by Crippen LogP contribution is -2.31. The van der Waals surface area contributed by atoms with Gasteiger partial charge >= 0.3 is 0 Å². The number of Topliss-reactive ketones (excluding diaryl/α,β-unsaturated/α-hetero) is 1. The van der Waals surface area contributed by atoms with Gasteiger partial charge in [0.25, 0.3) is 17.4 Å². The summed E-state index contributed by atoms with van der Waals surface area (Å²) in [6.07, 6.45) is 6.28. The fourth-order valence-electron chi connectivity index (χ4n) is 4.83. The molecule has 10 heteroatoms. The van der Waals surface area contributed by atoms with Gasteiger partial charge in [0.05, 0.1) is 22.9 Å². The lowest BCUT2D eigenvalue weighted by atomic mass is 9.94. The second-order valence-corrected chi connectivity index (χ2v) is 8.95. The predicted octanol–water partition coefficient (Wildman–Crippen LogP) is 3.63. The summed E-state index contributed by atoms with van der Waals surface area (Å²) in [5.74, 6) is -1.17. The molecule has 0 radical (unpaired) electrons. The van der Waals surface area contributed by atoms with E-state index in [4.69, 9.17) is 4.74 Å². The number of likely N-dealkylation sites (tertiary alicyclic amines) is 1. The number of benzene rings is 2. The number of amides is 1. The van der Waals surface area contributed by atoms with Crippen molar-refractivity contribution in [3.8, 4) is 5.75 Å². The van der Waals surface area contributed by atoms with Crippen LogP contribution in [-0.2, 0) is 22.6 Å². The molecule has 0 bridgehead atoms. The number of hydrogen-bond donors (Lipinski definition) is 1. The number of ether oxygens (including phenoxy) is 1. The molecular formula is C26H24N4O6. The van der Waals surface area contributed by atoms with Crippen LogP contribution < -0.4 is 4.74 Å². The number of hydrogen-bond acceptors (Lipinski definition) is 7. The average Bonchev–Trinajstić information content (AvgIpc) is 3.57. The van der Waals surface area contributed by atoms with Gasteiger partial charge in [0.2, 0.25) is 0 Å². The maximum atomic E-state index is 13.2. The topological polar surface area (TPSA) is 128 Å². The molecule has 10 nitrogen and oxygen atoms in total. The minimum atomic E-state index is -0.962. The molecule has 3 heterocycles. The number of fused-ring (bicyclic) bond motifs is 1. The highest BCUT2D eigenvalue weighted by Crippen LogP contribution is 2.41. The third kappa shape index (κ3) is 4.21. The second kappa shape index (κ2) is 9.29. The van der Waals surface area contributed by atoms with Crippen LogP contribution in [0.4, 0.5) is 5.69 Å². The molecule has 0 aliphatic carbocycles. The Kier molecular flexibility index (Phi) is 6.01. The number of carbonyl (C=O) groups excluding carboxylic acids is 2. The minimum absolute atomic E-state index is 0.00309. The zero-order valence-electron chi connectivity index (χ0n) is 19.5. The molecule has 2 aromatic carbocycles. The van der Waals surface area contributed by atoms with E-state index in [0.717, 1.165) is 5.56 Å². The Labute approximate surface area is 206 Å². The molecular weight excluding hydrogens is 464 g/mol. The molecule has 0 spiro atoms. The van der Waals surface area contributed by atoms with Crippen LogP contribution in [-0.4, -0.2) is 48.8 Å². The van der Waals surface area contributed by atoms with E-state index in [0.29, 0.717) is 36.3 Å². The summed E-state index contributed by atoms with van der Waals surface area (Å²) >= 11 is 0. The summed E-state index contributed by atoms with van der Waals surface area (Å²) in [5, 5.41) is 22.7. The van der Waals surface area contributed by atoms with Crippen LogP contribution in [0.5, 0.6) is 5.75 Å². The van der Waals surface area contributed by atoms with Crippen LogP contribution in [0.1, 0.15) is 36.1 Å². The van der Waals surface area contributed by atoms with Crippen LogP contribution >= 0.6 is 0 Å². The molecule has 2 atom stereocenters. The Hall–Kier alpha value is -4.47. The predicted molar refractivity (Wildman–Crippen MR) is 129 cm³/mol. The van der Waals surface area contributed by atoms with Crippen molar-refractivity contribution in [3.05, 3.63) is 93.6 Å². The number of nitro benzene ring substituents is 1. The van der Waals surface area contributed by atoms with Gasteiger partial charge in [-0.25, -0.2) is 4.98 Å². The number of aryl methyl sites for hydroxylation is 1. The molecule has 0 saturated carbocycles. The molecule has 184 valence electrons. The summed E-state index contributed by atoms with van der Waals surface area (Å²) in [7, 11) is 0. The number of aliphatic hydroxyl groups is 1. The van der Waals surface area contributed by atoms with Gasteiger partial charge < -0.3 is 19.3 Å². The smallest absolute Gasteiger partial charge is 0.295 e. The van der Waals surface area contributed by atoms with Crippen LogP contribution in [0.15, 0.2) is 66.8 Å². The first-order valence-electron chi connectivity index (χ1n) is 11.6. The maximum absolute atomic E-state index is 13.2. The van der Waals surface area contributed by atoms with Crippen molar-refractivity contribution in [2.24, 2.45) is 0 Å². The summed E-state index contributed by atoms with van der Waals surface area (Å²) < 4.78 is 7.58. The number of rotatable bonds is 7. The lowest BCUT2D eigenvalue weighted by molar-refractivity contribution is -0.384. The third-order valence-corrected chi connectivity index (χ3v) is 6.48. The van der Waals surface area contributed by atoms with E-state index in [9.17, 15) is 24.8 Å².